The predicted molar refractivity (Wildman–Crippen MR) is 65.8 cm³/mol. The van der Waals surface area contributed by atoms with Crippen molar-refractivity contribution in [1.29, 1.82) is 0 Å². The van der Waals surface area contributed by atoms with Gasteiger partial charge in [0.15, 0.2) is 0 Å². The van der Waals surface area contributed by atoms with Crippen LogP contribution in [-0.2, 0) is 17.8 Å². The molecule has 0 bridgehead atoms. The maximum Gasteiger partial charge on any atom is 0.303 e. The van der Waals surface area contributed by atoms with Crippen LogP contribution in [0.4, 0.5) is 0 Å². The molecule has 0 aliphatic carbocycles. The van der Waals surface area contributed by atoms with E-state index in [0.29, 0.717) is 18.7 Å². The van der Waals surface area contributed by atoms with E-state index in [1.54, 1.807) is 4.68 Å². The summed E-state index contributed by atoms with van der Waals surface area (Å²) in [5, 5.41) is 20.7. The summed E-state index contributed by atoms with van der Waals surface area (Å²) in [5.74, 6) is -0.0702. The van der Waals surface area contributed by atoms with Crippen molar-refractivity contribution < 1.29 is 14.4 Å². The van der Waals surface area contributed by atoms with Crippen molar-refractivity contribution in [1.82, 2.24) is 20.2 Å². The molecule has 0 aliphatic heterocycles. The van der Waals surface area contributed by atoms with Crippen LogP contribution in [0.2, 0.25) is 0 Å². The second-order valence-corrected chi connectivity index (χ2v) is 4.48. The molecule has 19 heavy (non-hydrogen) atoms. The number of carboxylic acids is 1. The zero-order chi connectivity index (χ0) is 14.0. The minimum absolute atomic E-state index is 0.0604. The lowest BCUT2D eigenvalue weighted by Gasteiger charge is -2.03. The minimum atomic E-state index is -0.834. The maximum absolute atomic E-state index is 10.6. The van der Waals surface area contributed by atoms with Crippen LogP contribution in [0.1, 0.15) is 34.8 Å². The Kier molecular flexibility index (Phi) is 3.64. The molecule has 2 heterocycles. The normalized spacial score (nSPS) is 10.9. The van der Waals surface area contributed by atoms with Crippen LogP contribution in [0.3, 0.4) is 0 Å². The van der Waals surface area contributed by atoms with Crippen LogP contribution in [0.25, 0.3) is 0 Å². The number of carbonyl (C=O) groups is 1. The SMILES string of the molecule is Cc1noc(C)c1Cn1nnc(CCC(=O)O)c1C. The molecule has 102 valence electrons. The lowest BCUT2D eigenvalue weighted by Crippen LogP contribution is -2.06. The molecule has 0 aliphatic rings. The van der Waals surface area contributed by atoms with Crippen LogP contribution in [0, 0.1) is 20.8 Å². The van der Waals surface area contributed by atoms with Gasteiger partial charge >= 0.3 is 5.97 Å². The van der Waals surface area contributed by atoms with Gasteiger partial charge in [0.25, 0.3) is 0 Å². The van der Waals surface area contributed by atoms with E-state index in [1.165, 1.54) is 0 Å². The van der Waals surface area contributed by atoms with E-state index >= 15 is 0 Å². The van der Waals surface area contributed by atoms with E-state index in [1.807, 2.05) is 20.8 Å². The number of carboxylic acid groups (broad SMARTS) is 1. The van der Waals surface area contributed by atoms with Gasteiger partial charge in [0, 0.05) is 12.0 Å². The van der Waals surface area contributed by atoms with E-state index in [4.69, 9.17) is 9.63 Å². The second kappa shape index (κ2) is 5.21. The average molecular weight is 264 g/mol. The van der Waals surface area contributed by atoms with Gasteiger partial charge in [-0.15, -0.1) is 5.10 Å². The highest BCUT2D eigenvalue weighted by Crippen LogP contribution is 2.15. The van der Waals surface area contributed by atoms with Gasteiger partial charge in [-0.3, -0.25) is 4.79 Å². The van der Waals surface area contributed by atoms with Crippen molar-refractivity contribution in [3.8, 4) is 0 Å². The molecule has 0 spiro atoms. The zero-order valence-corrected chi connectivity index (χ0v) is 11.2. The molecule has 7 nitrogen and oxygen atoms in total. The van der Waals surface area contributed by atoms with Crippen molar-refractivity contribution in [3.05, 3.63) is 28.4 Å². The largest absolute Gasteiger partial charge is 0.481 e. The van der Waals surface area contributed by atoms with Crippen LogP contribution >= 0.6 is 0 Å². The van der Waals surface area contributed by atoms with E-state index in [9.17, 15) is 4.79 Å². The topological polar surface area (TPSA) is 94.0 Å². The monoisotopic (exact) mass is 264 g/mol. The lowest BCUT2D eigenvalue weighted by molar-refractivity contribution is -0.136. The molecule has 1 N–H and O–H groups in total. The molecule has 0 radical (unpaired) electrons. The third-order valence-electron chi connectivity index (χ3n) is 3.14. The molecule has 0 saturated carbocycles. The van der Waals surface area contributed by atoms with Gasteiger partial charge < -0.3 is 9.63 Å². The Bertz CT molecular complexity index is 581. The quantitative estimate of drug-likeness (QED) is 0.873. The Labute approximate surface area is 110 Å². The van der Waals surface area contributed by atoms with Crippen molar-refractivity contribution in [2.75, 3.05) is 0 Å². The summed E-state index contributed by atoms with van der Waals surface area (Å²) >= 11 is 0. The maximum atomic E-state index is 10.6. The zero-order valence-electron chi connectivity index (χ0n) is 11.2. The summed E-state index contributed by atoms with van der Waals surface area (Å²) in [6.07, 6.45) is 0.452. The highest BCUT2D eigenvalue weighted by atomic mass is 16.5. The van der Waals surface area contributed by atoms with E-state index in [-0.39, 0.29) is 6.42 Å². The summed E-state index contributed by atoms with van der Waals surface area (Å²) < 4.78 is 6.84. The van der Waals surface area contributed by atoms with Crippen LogP contribution in [0.5, 0.6) is 0 Å². The van der Waals surface area contributed by atoms with Gasteiger partial charge in [0.1, 0.15) is 5.76 Å². The third-order valence-corrected chi connectivity index (χ3v) is 3.14. The van der Waals surface area contributed by atoms with Crippen LogP contribution in [-0.4, -0.2) is 31.2 Å². The van der Waals surface area contributed by atoms with E-state index in [2.05, 4.69) is 15.5 Å². The standard InChI is InChI=1S/C12H16N4O3/c1-7-10(9(3)19-14-7)6-16-8(2)11(13-15-16)4-5-12(17)18/h4-6H2,1-3H3,(H,17,18). The smallest absolute Gasteiger partial charge is 0.303 e. The molecular formula is C12H16N4O3. The molecule has 0 unspecified atom stereocenters. The molecule has 2 aromatic rings. The van der Waals surface area contributed by atoms with Crippen molar-refractivity contribution >= 4 is 5.97 Å². The Morgan fingerprint density at radius 1 is 1.37 bits per heavy atom. The van der Waals surface area contributed by atoms with Gasteiger partial charge in [-0.2, -0.15) is 0 Å². The summed E-state index contributed by atoms with van der Waals surface area (Å²) in [6.45, 7) is 6.15. The molecule has 0 saturated heterocycles. The highest BCUT2D eigenvalue weighted by molar-refractivity contribution is 5.67. The Morgan fingerprint density at radius 2 is 2.11 bits per heavy atom. The van der Waals surface area contributed by atoms with E-state index in [0.717, 1.165) is 22.7 Å². The van der Waals surface area contributed by atoms with Gasteiger partial charge in [-0.1, -0.05) is 10.4 Å². The van der Waals surface area contributed by atoms with E-state index < -0.39 is 5.97 Å². The lowest BCUT2D eigenvalue weighted by atomic mass is 10.2. The van der Waals surface area contributed by atoms with Gasteiger partial charge in [-0.25, -0.2) is 4.68 Å². The van der Waals surface area contributed by atoms with Gasteiger partial charge in [0.2, 0.25) is 0 Å². The summed E-state index contributed by atoms with van der Waals surface area (Å²) in [4.78, 5) is 10.6. The third kappa shape index (κ3) is 2.81. The summed E-state index contributed by atoms with van der Waals surface area (Å²) in [7, 11) is 0. The number of aryl methyl sites for hydroxylation is 3. The minimum Gasteiger partial charge on any atom is -0.481 e. The fourth-order valence-corrected chi connectivity index (χ4v) is 1.88. The van der Waals surface area contributed by atoms with Gasteiger partial charge in [-0.05, 0) is 20.8 Å². The fourth-order valence-electron chi connectivity index (χ4n) is 1.88. The number of hydrogen-bond acceptors (Lipinski definition) is 5. The number of nitrogens with zero attached hydrogens (tertiary/aromatic N) is 4. The fraction of sp³-hybridized carbons (Fsp3) is 0.500. The predicted octanol–water partition coefficient (Wildman–Crippen LogP) is 1.26. The molecular weight excluding hydrogens is 248 g/mol. The second-order valence-electron chi connectivity index (χ2n) is 4.48. The van der Waals surface area contributed by atoms with Crippen molar-refractivity contribution in [2.24, 2.45) is 0 Å². The molecule has 0 fully saturated rings. The molecule has 0 atom stereocenters. The van der Waals surface area contributed by atoms with Crippen LogP contribution in [0.15, 0.2) is 4.52 Å². The Balaban J connectivity index is 2.16. The average Bonchev–Trinajstić information content (AvgIpc) is 2.85. The first-order valence-electron chi connectivity index (χ1n) is 6.01. The molecule has 2 aromatic heterocycles. The summed E-state index contributed by atoms with van der Waals surface area (Å²) in [5.41, 5.74) is 3.41. The number of aromatic nitrogens is 4. The first kappa shape index (κ1) is 13.3. The molecule has 2 rings (SSSR count). The first-order chi connectivity index (χ1) is 8.99. The first-order valence-corrected chi connectivity index (χ1v) is 6.01. The Hall–Kier alpha value is -2.18. The highest BCUT2D eigenvalue weighted by Gasteiger charge is 2.14. The molecule has 0 amide bonds. The molecule has 0 aromatic carbocycles. The van der Waals surface area contributed by atoms with Crippen molar-refractivity contribution in [2.45, 2.75) is 40.2 Å². The summed E-state index contributed by atoms with van der Waals surface area (Å²) in [6, 6.07) is 0. The van der Waals surface area contributed by atoms with Crippen LogP contribution < -0.4 is 0 Å². The number of aliphatic carboxylic acids is 1. The Morgan fingerprint density at radius 3 is 2.68 bits per heavy atom. The van der Waals surface area contributed by atoms with Gasteiger partial charge in [0.05, 0.1) is 30.0 Å². The number of rotatable bonds is 5. The van der Waals surface area contributed by atoms with Crippen molar-refractivity contribution in [3.63, 3.8) is 0 Å². The number of hydrogen-bond donors (Lipinski definition) is 1. The molecule has 7 heteroatoms.